The van der Waals surface area contributed by atoms with Gasteiger partial charge in [-0.05, 0) is 37.3 Å². The molecule has 1 saturated carbocycles. The lowest BCUT2D eigenvalue weighted by Gasteiger charge is -2.32. The summed E-state index contributed by atoms with van der Waals surface area (Å²) in [5, 5.41) is 9.42. The Morgan fingerprint density at radius 3 is 2.50 bits per heavy atom. The lowest BCUT2D eigenvalue weighted by atomic mass is 9.84. The fourth-order valence-corrected chi connectivity index (χ4v) is 3.69. The number of nitrogens with zero attached hydrogens (tertiary/aromatic N) is 1. The van der Waals surface area contributed by atoms with Gasteiger partial charge >= 0.3 is 5.97 Å². The number of carbonyl (C=O) groups excluding carboxylic acids is 2. The van der Waals surface area contributed by atoms with Crippen molar-refractivity contribution in [3.05, 3.63) is 23.7 Å². The summed E-state index contributed by atoms with van der Waals surface area (Å²) in [5.41, 5.74) is 5.11. The Morgan fingerprint density at radius 1 is 1.18 bits per heavy atom. The molecule has 3 unspecified atom stereocenters. The highest BCUT2D eigenvalue weighted by atomic mass is 16.4. The number of rotatable bonds is 3. The first kappa shape index (κ1) is 14.6. The van der Waals surface area contributed by atoms with Gasteiger partial charge < -0.3 is 20.2 Å². The zero-order chi connectivity index (χ0) is 15.9. The molecule has 2 fully saturated rings. The number of furan rings is 1. The number of carboxylic acid groups (broad SMARTS) is 1. The number of likely N-dealkylation sites (tertiary alicyclic amines) is 1. The molecule has 7 nitrogen and oxygen atoms in total. The molecular formula is C15H18N2O5. The highest BCUT2D eigenvalue weighted by molar-refractivity contribution is 5.97. The summed E-state index contributed by atoms with van der Waals surface area (Å²) in [6, 6.07) is 1.81. The number of primary amides is 1. The van der Waals surface area contributed by atoms with Crippen LogP contribution in [-0.4, -0.2) is 39.9 Å². The van der Waals surface area contributed by atoms with Crippen LogP contribution < -0.4 is 5.73 Å². The first-order chi connectivity index (χ1) is 10.5. The van der Waals surface area contributed by atoms with Gasteiger partial charge in [0.25, 0.3) is 11.8 Å². The van der Waals surface area contributed by atoms with Crippen molar-refractivity contribution in [1.29, 1.82) is 0 Å². The molecule has 1 saturated heterocycles. The fraction of sp³-hybridized carbons (Fsp3) is 0.533. The zero-order valence-electron chi connectivity index (χ0n) is 12.0. The lowest BCUT2D eigenvalue weighted by Crippen LogP contribution is -2.46. The summed E-state index contributed by atoms with van der Waals surface area (Å²) in [4.78, 5) is 36.7. The largest absolute Gasteiger partial charge is 0.480 e. The number of fused-ring (bicyclic) bond motifs is 1. The van der Waals surface area contributed by atoms with Crippen molar-refractivity contribution < 1.29 is 23.9 Å². The van der Waals surface area contributed by atoms with Crippen LogP contribution in [-0.2, 0) is 4.79 Å². The first-order valence-electron chi connectivity index (χ1n) is 7.44. The van der Waals surface area contributed by atoms with Gasteiger partial charge in [0.15, 0.2) is 11.5 Å². The van der Waals surface area contributed by atoms with Gasteiger partial charge in [0.2, 0.25) is 0 Å². The van der Waals surface area contributed by atoms with Crippen molar-refractivity contribution in [2.45, 2.75) is 44.2 Å². The number of hydrogen-bond donors (Lipinski definition) is 2. The Morgan fingerprint density at radius 2 is 1.86 bits per heavy atom. The van der Waals surface area contributed by atoms with Crippen molar-refractivity contribution in [2.75, 3.05) is 0 Å². The minimum Gasteiger partial charge on any atom is -0.480 e. The minimum atomic E-state index is -0.996. The highest BCUT2D eigenvalue weighted by Crippen LogP contribution is 2.40. The molecule has 7 heteroatoms. The monoisotopic (exact) mass is 306 g/mol. The SMILES string of the molecule is NC(=O)c1ccc(C(=O)N2C(C(=O)O)CC3CCCCC32)o1. The van der Waals surface area contributed by atoms with E-state index in [0.717, 1.165) is 25.7 Å². The van der Waals surface area contributed by atoms with Crippen molar-refractivity contribution in [1.82, 2.24) is 4.90 Å². The second-order valence-corrected chi connectivity index (χ2v) is 5.94. The van der Waals surface area contributed by atoms with E-state index >= 15 is 0 Å². The normalized spacial score (nSPS) is 27.5. The molecule has 0 aromatic carbocycles. The summed E-state index contributed by atoms with van der Waals surface area (Å²) in [6.07, 6.45) is 4.30. The van der Waals surface area contributed by atoms with Crippen LogP contribution in [0.1, 0.15) is 53.2 Å². The molecule has 1 aromatic heterocycles. The maximum absolute atomic E-state index is 12.7. The smallest absolute Gasteiger partial charge is 0.326 e. The van der Waals surface area contributed by atoms with E-state index in [2.05, 4.69) is 0 Å². The molecule has 3 rings (SSSR count). The maximum Gasteiger partial charge on any atom is 0.326 e. The van der Waals surface area contributed by atoms with E-state index in [-0.39, 0.29) is 23.5 Å². The molecule has 1 aliphatic heterocycles. The molecule has 3 atom stereocenters. The zero-order valence-corrected chi connectivity index (χ0v) is 12.0. The predicted octanol–water partition coefficient (Wildman–Crippen LogP) is 1.24. The van der Waals surface area contributed by atoms with Crippen LogP contribution in [0.4, 0.5) is 0 Å². The van der Waals surface area contributed by atoms with Crippen LogP contribution in [0, 0.1) is 5.92 Å². The molecular weight excluding hydrogens is 288 g/mol. The van der Waals surface area contributed by atoms with E-state index in [4.69, 9.17) is 10.2 Å². The fourth-order valence-electron chi connectivity index (χ4n) is 3.69. The average Bonchev–Trinajstić information content (AvgIpc) is 3.11. The van der Waals surface area contributed by atoms with Crippen molar-refractivity contribution in [3.8, 4) is 0 Å². The van der Waals surface area contributed by atoms with Gasteiger partial charge in [0.1, 0.15) is 6.04 Å². The topological polar surface area (TPSA) is 114 Å². The molecule has 1 aromatic rings. The summed E-state index contributed by atoms with van der Waals surface area (Å²) >= 11 is 0. The van der Waals surface area contributed by atoms with E-state index in [0.29, 0.717) is 6.42 Å². The number of hydrogen-bond acceptors (Lipinski definition) is 4. The Kier molecular flexibility index (Phi) is 3.64. The molecule has 22 heavy (non-hydrogen) atoms. The van der Waals surface area contributed by atoms with Crippen LogP contribution in [0.25, 0.3) is 0 Å². The third kappa shape index (κ3) is 2.36. The van der Waals surface area contributed by atoms with E-state index in [1.807, 2.05) is 0 Å². The van der Waals surface area contributed by atoms with Crippen LogP contribution in [0.5, 0.6) is 0 Å². The number of carbonyl (C=O) groups is 3. The number of carboxylic acids is 1. The summed E-state index contributed by atoms with van der Waals surface area (Å²) in [6.45, 7) is 0. The molecule has 2 heterocycles. The summed E-state index contributed by atoms with van der Waals surface area (Å²) in [7, 11) is 0. The molecule has 0 spiro atoms. The molecule has 118 valence electrons. The van der Waals surface area contributed by atoms with Gasteiger partial charge in [-0.1, -0.05) is 12.8 Å². The quantitative estimate of drug-likeness (QED) is 0.872. The first-order valence-corrected chi connectivity index (χ1v) is 7.44. The minimum absolute atomic E-state index is 0.0359. The van der Waals surface area contributed by atoms with E-state index in [9.17, 15) is 19.5 Å². The van der Waals surface area contributed by atoms with Crippen molar-refractivity contribution in [2.24, 2.45) is 11.7 Å². The van der Waals surface area contributed by atoms with Gasteiger partial charge in [-0.2, -0.15) is 0 Å². The van der Waals surface area contributed by atoms with E-state index < -0.39 is 23.8 Å². The lowest BCUT2D eigenvalue weighted by molar-refractivity contribution is -0.141. The van der Waals surface area contributed by atoms with E-state index in [1.165, 1.54) is 17.0 Å². The molecule has 2 amide bonds. The van der Waals surface area contributed by atoms with Gasteiger partial charge in [-0.15, -0.1) is 0 Å². The Hall–Kier alpha value is -2.31. The Bertz CT molecular complexity index is 623. The molecule has 2 aliphatic rings. The molecule has 3 N–H and O–H groups in total. The standard InChI is InChI=1S/C15H18N2O5/c16-13(18)11-5-6-12(22-11)14(19)17-9-4-2-1-3-8(9)7-10(17)15(20)21/h5-6,8-10H,1-4,7H2,(H2,16,18)(H,20,21). The van der Waals surface area contributed by atoms with Gasteiger partial charge in [-0.25, -0.2) is 4.79 Å². The number of nitrogens with two attached hydrogens (primary N) is 1. The summed E-state index contributed by atoms with van der Waals surface area (Å²) < 4.78 is 5.17. The van der Waals surface area contributed by atoms with Gasteiger partial charge in [0.05, 0.1) is 0 Å². The number of aliphatic carboxylic acids is 1. The highest BCUT2D eigenvalue weighted by Gasteiger charge is 2.48. The molecule has 0 radical (unpaired) electrons. The van der Waals surface area contributed by atoms with Crippen molar-refractivity contribution >= 4 is 17.8 Å². The van der Waals surface area contributed by atoms with Crippen molar-refractivity contribution in [3.63, 3.8) is 0 Å². The van der Waals surface area contributed by atoms with Crippen LogP contribution >= 0.6 is 0 Å². The second kappa shape index (κ2) is 5.47. The third-order valence-electron chi connectivity index (χ3n) is 4.67. The molecule has 0 bridgehead atoms. The predicted molar refractivity (Wildman–Crippen MR) is 75.2 cm³/mol. The maximum atomic E-state index is 12.7. The Labute approximate surface area is 127 Å². The Balaban J connectivity index is 1.89. The second-order valence-electron chi connectivity index (χ2n) is 5.94. The van der Waals surface area contributed by atoms with Gasteiger partial charge in [-0.3, -0.25) is 9.59 Å². The van der Waals surface area contributed by atoms with E-state index in [1.54, 1.807) is 0 Å². The third-order valence-corrected chi connectivity index (χ3v) is 4.67. The average molecular weight is 306 g/mol. The summed E-state index contributed by atoms with van der Waals surface area (Å²) in [5.74, 6) is -2.14. The van der Waals surface area contributed by atoms with Crippen LogP contribution in [0.2, 0.25) is 0 Å². The van der Waals surface area contributed by atoms with Gasteiger partial charge in [0, 0.05) is 6.04 Å². The van der Waals surface area contributed by atoms with Crippen LogP contribution in [0.3, 0.4) is 0 Å². The number of amides is 2. The molecule has 1 aliphatic carbocycles. The van der Waals surface area contributed by atoms with Crippen LogP contribution in [0.15, 0.2) is 16.5 Å².